The number of aromatic nitrogens is 2. The second-order valence-electron chi connectivity index (χ2n) is 7.50. The Bertz CT molecular complexity index is 1240. The molecule has 0 bridgehead atoms. The van der Waals surface area contributed by atoms with Gasteiger partial charge in [0.25, 0.3) is 11.8 Å². The number of sulfonamides is 1. The van der Waals surface area contributed by atoms with Crippen molar-refractivity contribution in [3.63, 3.8) is 0 Å². The quantitative estimate of drug-likeness (QED) is 0.584. The summed E-state index contributed by atoms with van der Waals surface area (Å²) in [6.45, 7) is 5.74. The van der Waals surface area contributed by atoms with E-state index in [1.165, 1.54) is 32.3 Å². The Kier molecular flexibility index (Phi) is 6.49. The van der Waals surface area contributed by atoms with Crippen molar-refractivity contribution in [1.82, 2.24) is 14.4 Å². The van der Waals surface area contributed by atoms with Gasteiger partial charge >= 0.3 is 0 Å². The first kappa shape index (κ1) is 22.9. The summed E-state index contributed by atoms with van der Waals surface area (Å²) >= 11 is 6.08. The summed E-state index contributed by atoms with van der Waals surface area (Å²) in [7, 11) is -1.02. The molecule has 0 saturated heterocycles. The Morgan fingerprint density at radius 1 is 1.19 bits per heavy atom. The van der Waals surface area contributed by atoms with Gasteiger partial charge in [-0.3, -0.25) is 4.79 Å². The van der Waals surface area contributed by atoms with Gasteiger partial charge in [-0.15, -0.1) is 0 Å². The van der Waals surface area contributed by atoms with Crippen molar-refractivity contribution in [2.75, 3.05) is 19.4 Å². The molecule has 0 aliphatic heterocycles. The molecule has 1 heterocycles. The summed E-state index contributed by atoms with van der Waals surface area (Å²) in [5, 5.41) is 6.86. The SMILES string of the molecule is Cc1cccc(-c2nc(C(C)C)no2)c1NC(=O)c1ccc(Cl)c(S(=O)(=O)N(C)C)c1. The highest BCUT2D eigenvalue weighted by Crippen LogP contribution is 2.31. The molecule has 8 nitrogen and oxygen atoms in total. The van der Waals surface area contributed by atoms with Crippen LogP contribution in [0.4, 0.5) is 5.69 Å². The molecule has 3 aromatic rings. The van der Waals surface area contributed by atoms with E-state index in [2.05, 4.69) is 15.5 Å². The van der Waals surface area contributed by atoms with Crippen molar-refractivity contribution in [3.05, 3.63) is 58.4 Å². The standard InChI is InChI=1S/C21H23ClN4O4S/c1-12(2)19-24-21(30-25-19)15-8-6-7-13(3)18(15)23-20(27)14-9-10-16(22)17(11-14)31(28,29)26(4)5/h6-12H,1-5H3,(H,23,27). The van der Waals surface area contributed by atoms with E-state index in [1.54, 1.807) is 6.07 Å². The van der Waals surface area contributed by atoms with Crippen molar-refractivity contribution >= 4 is 33.2 Å². The third-order valence-electron chi connectivity index (χ3n) is 4.65. The van der Waals surface area contributed by atoms with Crippen molar-refractivity contribution in [1.29, 1.82) is 0 Å². The van der Waals surface area contributed by atoms with Gasteiger partial charge in [0.05, 0.1) is 16.3 Å². The lowest BCUT2D eigenvalue weighted by Gasteiger charge is -2.15. The van der Waals surface area contributed by atoms with E-state index in [0.717, 1.165) is 9.87 Å². The van der Waals surface area contributed by atoms with Crippen molar-refractivity contribution in [2.45, 2.75) is 31.6 Å². The highest BCUT2D eigenvalue weighted by molar-refractivity contribution is 7.89. The van der Waals surface area contributed by atoms with E-state index in [1.807, 2.05) is 32.9 Å². The smallest absolute Gasteiger partial charge is 0.260 e. The number of amides is 1. The first-order chi connectivity index (χ1) is 14.5. The summed E-state index contributed by atoms with van der Waals surface area (Å²) in [6.07, 6.45) is 0. The van der Waals surface area contributed by atoms with Crippen LogP contribution in [0.2, 0.25) is 5.02 Å². The fourth-order valence-electron chi connectivity index (χ4n) is 2.82. The van der Waals surface area contributed by atoms with Gasteiger partial charge in [0.15, 0.2) is 5.82 Å². The predicted molar refractivity (Wildman–Crippen MR) is 119 cm³/mol. The molecule has 0 radical (unpaired) electrons. The van der Waals surface area contributed by atoms with Crippen LogP contribution in [-0.4, -0.2) is 42.9 Å². The Balaban J connectivity index is 2.00. The number of carbonyl (C=O) groups is 1. The molecule has 0 fully saturated rings. The average molecular weight is 463 g/mol. The topological polar surface area (TPSA) is 105 Å². The molecule has 164 valence electrons. The molecule has 1 aromatic heterocycles. The highest BCUT2D eigenvalue weighted by atomic mass is 35.5. The van der Waals surface area contributed by atoms with E-state index < -0.39 is 15.9 Å². The largest absolute Gasteiger partial charge is 0.334 e. The van der Waals surface area contributed by atoms with Crippen molar-refractivity contribution < 1.29 is 17.7 Å². The molecular formula is C21H23ClN4O4S. The van der Waals surface area contributed by atoms with E-state index in [9.17, 15) is 13.2 Å². The number of para-hydroxylation sites is 1. The zero-order chi connectivity index (χ0) is 22.9. The van der Waals surface area contributed by atoms with E-state index >= 15 is 0 Å². The van der Waals surface area contributed by atoms with Gasteiger partial charge < -0.3 is 9.84 Å². The highest BCUT2D eigenvalue weighted by Gasteiger charge is 2.23. The molecule has 10 heteroatoms. The van der Waals surface area contributed by atoms with Gasteiger partial charge in [0.2, 0.25) is 10.0 Å². The predicted octanol–water partition coefficient (Wildman–Crippen LogP) is 4.32. The van der Waals surface area contributed by atoms with E-state index in [0.29, 0.717) is 17.1 Å². The van der Waals surface area contributed by atoms with E-state index in [-0.39, 0.29) is 27.3 Å². The zero-order valence-corrected chi connectivity index (χ0v) is 19.4. The molecule has 2 aromatic carbocycles. The van der Waals surface area contributed by atoms with Crippen LogP contribution in [0.25, 0.3) is 11.5 Å². The Morgan fingerprint density at radius 2 is 1.90 bits per heavy atom. The lowest BCUT2D eigenvalue weighted by molar-refractivity contribution is 0.102. The Morgan fingerprint density at radius 3 is 2.52 bits per heavy atom. The summed E-state index contributed by atoms with van der Waals surface area (Å²) in [4.78, 5) is 17.3. The molecule has 0 atom stereocenters. The third-order valence-corrected chi connectivity index (χ3v) is 6.95. The van der Waals surface area contributed by atoms with Gasteiger partial charge in [0, 0.05) is 25.6 Å². The monoisotopic (exact) mass is 462 g/mol. The van der Waals surface area contributed by atoms with Crippen molar-refractivity contribution in [2.24, 2.45) is 0 Å². The normalized spacial score (nSPS) is 11.9. The minimum atomic E-state index is -3.81. The van der Waals surface area contributed by atoms with Gasteiger partial charge in [-0.05, 0) is 36.8 Å². The minimum absolute atomic E-state index is 0.0360. The van der Waals surface area contributed by atoms with Crippen LogP contribution in [0.15, 0.2) is 45.8 Å². The van der Waals surface area contributed by atoms with Crippen LogP contribution < -0.4 is 5.32 Å². The number of rotatable bonds is 6. The summed E-state index contributed by atoms with van der Waals surface area (Å²) in [5.41, 5.74) is 2.00. The number of nitrogens with zero attached hydrogens (tertiary/aromatic N) is 3. The fraction of sp³-hybridized carbons (Fsp3) is 0.286. The number of hydrogen-bond acceptors (Lipinski definition) is 6. The molecule has 1 N–H and O–H groups in total. The summed E-state index contributed by atoms with van der Waals surface area (Å²) in [5.74, 6) is 0.442. The lowest BCUT2D eigenvalue weighted by atomic mass is 10.1. The first-order valence-electron chi connectivity index (χ1n) is 9.49. The number of halogens is 1. The van der Waals surface area contributed by atoms with Gasteiger partial charge in [-0.25, -0.2) is 12.7 Å². The minimum Gasteiger partial charge on any atom is -0.334 e. The van der Waals surface area contributed by atoms with E-state index in [4.69, 9.17) is 16.1 Å². The molecule has 1 amide bonds. The maximum absolute atomic E-state index is 13.0. The average Bonchev–Trinajstić information content (AvgIpc) is 3.20. The number of nitrogens with one attached hydrogen (secondary N) is 1. The van der Waals surface area contributed by atoms with Crippen LogP contribution >= 0.6 is 11.6 Å². The number of aryl methyl sites for hydroxylation is 1. The van der Waals surface area contributed by atoms with Crippen LogP contribution in [-0.2, 0) is 10.0 Å². The number of hydrogen-bond donors (Lipinski definition) is 1. The number of carbonyl (C=O) groups excluding carboxylic acids is 1. The van der Waals surface area contributed by atoms with Crippen LogP contribution in [0, 0.1) is 6.92 Å². The molecule has 31 heavy (non-hydrogen) atoms. The third kappa shape index (κ3) is 4.63. The maximum atomic E-state index is 13.0. The zero-order valence-electron chi connectivity index (χ0n) is 17.8. The maximum Gasteiger partial charge on any atom is 0.260 e. The van der Waals surface area contributed by atoms with Gasteiger partial charge in [-0.2, -0.15) is 4.98 Å². The number of anilines is 1. The summed E-state index contributed by atoms with van der Waals surface area (Å²) < 4.78 is 31.5. The second-order valence-corrected chi connectivity index (χ2v) is 10.0. The van der Waals surface area contributed by atoms with Gasteiger partial charge in [0.1, 0.15) is 4.90 Å². The molecule has 3 rings (SSSR count). The van der Waals surface area contributed by atoms with Crippen LogP contribution in [0.1, 0.15) is 41.5 Å². The lowest BCUT2D eigenvalue weighted by Crippen LogP contribution is -2.23. The molecule has 0 saturated carbocycles. The number of benzene rings is 2. The fourth-order valence-corrected chi connectivity index (χ4v) is 4.21. The van der Waals surface area contributed by atoms with Gasteiger partial charge in [-0.1, -0.05) is 42.7 Å². The van der Waals surface area contributed by atoms with Crippen molar-refractivity contribution in [3.8, 4) is 11.5 Å². The molecule has 0 aliphatic carbocycles. The molecule has 0 aliphatic rings. The first-order valence-corrected chi connectivity index (χ1v) is 11.3. The molecule has 0 unspecified atom stereocenters. The van der Waals surface area contributed by atoms with Crippen LogP contribution in [0.3, 0.4) is 0 Å². The summed E-state index contributed by atoms with van der Waals surface area (Å²) in [6, 6.07) is 9.54. The molecular weight excluding hydrogens is 440 g/mol. The second kappa shape index (κ2) is 8.78. The Hall–Kier alpha value is -2.75. The van der Waals surface area contributed by atoms with Crippen LogP contribution in [0.5, 0.6) is 0 Å². The Labute approximate surface area is 186 Å². The molecule has 0 spiro atoms.